The standard InChI is InChI=1S/C14H19ClFNO/c1-10(15)3-2-6-17-9-13-8-11-7-12(16)4-5-14(11)18-13/h4-5,7,10,13,17H,2-3,6,8-9H2,1H3. The second kappa shape index (κ2) is 6.39. The van der Waals surface area contributed by atoms with E-state index in [1.165, 1.54) is 6.07 Å². The van der Waals surface area contributed by atoms with Crippen molar-refractivity contribution in [2.24, 2.45) is 0 Å². The zero-order chi connectivity index (χ0) is 13.0. The molecule has 18 heavy (non-hydrogen) atoms. The molecule has 4 heteroatoms. The summed E-state index contributed by atoms with van der Waals surface area (Å²) in [7, 11) is 0. The van der Waals surface area contributed by atoms with Gasteiger partial charge in [-0.15, -0.1) is 11.6 Å². The molecular weight excluding hydrogens is 253 g/mol. The second-order valence-corrected chi connectivity index (χ2v) is 5.57. The first kappa shape index (κ1) is 13.6. The minimum absolute atomic E-state index is 0.121. The highest BCUT2D eigenvalue weighted by Gasteiger charge is 2.22. The fourth-order valence-electron chi connectivity index (χ4n) is 2.17. The van der Waals surface area contributed by atoms with Crippen molar-refractivity contribution in [1.82, 2.24) is 5.32 Å². The van der Waals surface area contributed by atoms with Gasteiger partial charge in [0.05, 0.1) is 0 Å². The van der Waals surface area contributed by atoms with Crippen LogP contribution < -0.4 is 10.1 Å². The van der Waals surface area contributed by atoms with Crippen molar-refractivity contribution < 1.29 is 9.13 Å². The summed E-state index contributed by atoms with van der Waals surface area (Å²) in [5.74, 6) is 0.625. The first-order chi connectivity index (χ1) is 8.65. The van der Waals surface area contributed by atoms with Crippen molar-refractivity contribution in [3.63, 3.8) is 0 Å². The number of halogens is 2. The van der Waals surface area contributed by atoms with Crippen LogP contribution in [0.25, 0.3) is 0 Å². The van der Waals surface area contributed by atoms with Crippen LogP contribution in [0.3, 0.4) is 0 Å². The molecule has 2 atom stereocenters. The summed E-state index contributed by atoms with van der Waals surface area (Å²) in [6.45, 7) is 3.75. The van der Waals surface area contributed by atoms with Crippen molar-refractivity contribution in [1.29, 1.82) is 0 Å². The maximum atomic E-state index is 13.0. The predicted octanol–water partition coefficient (Wildman–Crippen LogP) is 3.13. The summed E-state index contributed by atoms with van der Waals surface area (Å²) < 4.78 is 18.8. The van der Waals surface area contributed by atoms with Crippen molar-refractivity contribution in [3.05, 3.63) is 29.6 Å². The van der Waals surface area contributed by atoms with Crippen LogP contribution in [0.1, 0.15) is 25.3 Å². The van der Waals surface area contributed by atoms with Crippen LogP contribution in [-0.2, 0) is 6.42 Å². The lowest BCUT2D eigenvalue weighted by molar-refractivity contribution is 0.227. The number of hydrogen-bond acceptors (Lipinski definition) is 2. The molecule has 0 aromatic heterocycles. The van der Waals surface area contributed by atoms with E-state index in [1.54, 1.807) is 12.1 Å². The average Bonchev–Trinajstić information content (AvgIpc) is 2.70. The summed E-state index contributed by atoms with van der Waals surface area (Å²) in [6.07, 6.45) is 2.99. The SMILES string of the molecule is CC(Cl)CCCNCC1Cc2cc(F)ccc2O1. The molecule has 2 nitrogen and oxygen atoms in total. The summed E-state index contributed by atoms with van der Waals surface area (Å²) in [5.41, 5.74) is 0.969. The number of alkyl halides is 1. The third-order valence-electron chi connectivity index (χ3n) is 3.09. The Balaban J connectivity index is 1.68. The van der Waals surface area contributed by atoms with Crippen LogP contribution in [0, 0.1) is 5.82 Å². The Hall–Kier alpha value is -0.800. The van der Waals surface area contributed by atoms with Gasteiger partial charge in [0.15, 0.2) is 0 Å². The van der Waals surface area contributed by atoms with Gasteiger partial charge in [-0.05, 0) is 44.5 Å². The van der Waals surface area contributed by atoms with Gasteiger partial charge in [-0.2, -0.15) is 0 Å². The third-order valence-corrected chi connectivity index (χ3v) is 3.31. The number of fused-ring (bicyclic) bond motifs is 1. The smallest absolute Gasteiger partial charge is 0.123 e. The van der Waals surface area contributed by atoms with E-state index >= 15 is 0 Å². The van der Waals surface area contributed by atoms with Crippen LogP contribution in [0.5, 0.6) is 5.75 Å². The Bertz CT molecular complexity index is 397. The van der Waals surface area contributed by atoms with E-state index in [-0.39, 0.29) is 17.3 Å². The molecule has 2 unspecified atom stereocenters. The van der Waals surface area contributed by atoms with Crippen molar-refractivity contribution >= 4 is 11.6 Å². The van der Waals surface area contributed by atoms with Gasteiger partial charge in [0.25, 0.3) is 0 Å². The summed E-state index contributed by atoms with van der Waals surface area (Å²) >= 11 is 5.87. The van der Waals surface area contributed by atoms with E-state index in [4.69, 9.17) is 16.3 Å². The van der Waals surface area contributed by atoms with E-state index in [1.807, 2.05) is 6.92 Å². The van der Waals surface area contributed by atoms with E-state index in [9.17, 15) is 4.39 Å². The van der Waals surface area contributed by atoms with E-state index in [0.717, 1.165) is 43.7 Å². The van der Waals surface area contributed by atoms with Crippen molar-refractivity contribution in [2.75, 3.05) is 13.1 Å². The van der Waals surface area contributed by atoms with Crippen LogP contribution >= 0.6 is 11.6 Å². The van der Waals surface area contributed by atoms with Gasteiger partial charge in [-0.1, -0.05) is 0 Å². The monoisotopic (exact) mass is 271 g/mol. The lowest BCUT2D eigenvalue weighted by atomic mass is 10.1. The van der Waals surface area contributed by atoms with Gasteiger partial charge in [-0.25, -0.2) is 4.39 Å². The number of rotatable bonds is 6. The zero-order valence-corrected chi connectivity index (χ0v) is 11.3. The molecule has 100 valence electrons. The Labute approximate surface area is 112 Å². The molecule has 1 heterocycles. The summed E-state index contributed by atoms with van der Waals surface area (Å²) in [4.78, 5) is 0. The molecule has 1 N–H and O–H groups in total. The molecule has 0 saturated carbocycles. The first-order valence-electron chi connectivity index (χ1n) is 6.45. The molecule has 1 aliphatic rings. The Kier molecular flexibility index (Phi) is 4.84. The van der Waals surface area contributed by atoms with Crippen molar-refractivity contribution in [2.45, 2.75) is 37.7 Å². The molecule has 2 rings (SSSR count). The molecule has 1 aromatic rings. The normalized spacial score (nSPS) is 19.4. The predicted molar refractivity (Wildman–Crippen MR) is 71.9 cm³/mol. The maximum Gasteiger partial charge on any atom is 0.123 e. The number of benzene rings is 1. The van der Waals surface area contributed by atoms with E-state index in [0.29, 0.717) is 0 Å². The molecule has 0 bridgehead atoms. The third kappa shape index (κ3) is 3.85. The molecular formula is C14H19ClFNO. The molecule has 0 amide bonds. The van der Waals surface area contributed by atoms with Gasteiger partial charge in [0.1, 0.15) is 17.7 Å². The van der Waals surface area contributed by atoms with Gasteiger partial charge in [-0.3, -0.25) is 0 Å². The van der Waals surface area contributed by atoms with Crippen LogP contribution in [0.4, 0.5) is 4.39 Å². The van der Waals surface area contributed by atoms with Crippen LogP contribution in [0.15, 0.2) is 18.2 Å². The highest BCUT2D eigenvalue weighted by Crippen LogP contribution is 2.28. The Morgan fingerprint density at radius 2 is 2.39 bits per heavy atom. The summed E-state index contributed by atoms with van der Waals surface area (Å²) in [5, 5.41) is 3.59. The average molecular weight is 272 g/mol. The lowest BCUT2D eigenvalue weighted by Crippen LogP contribution is -2.30. The fourth-order valence-corrected chi connectivity index (χ4v) is 2.33. The maximum absolute atomic E-state index is 13.0. The Morgan fingerprint density at radius 3 is 3.17 bits per heavy atom. The fraction of sp³-hybridized carbons (Fsp3) is 0.571. The molecule has 1 aromatic carbocycles. The van der Waals surface area contributed by atoms with Gasteiger partial charge in [0, 0.05) is 23.9 Å². The molecule has 0 aliphatic carbocycles. The zero-order valence-electron chi connectivity index (χ0n) is 10.6. The summed E-state index contributed by atoms with van der Waals surface area (Å²) in [6, 6.07) is 4.71. The molecule has 0 spiro atoms. The number of nitrogens with one attached hydrogen (secondary N) is 1. The minimum atomic E-state index is -0.193. The molecule has 1 aliphatic heterocycles. The van der Waals surface area contributed by atoms with Crippen molar-refractivity contribution in [3.8, 4) is 5.75 Å². The number of ether oxygens (including phenoxy) is 1. The van der Waals surface area contributed by atoms with Crippen LogP contribution in [0.2, 0.25) is 0 Å². The van der Waals surface area contributed by atoms with Crippen LogP contribution in [-0.4, -0.2) is 24.6 Å². The number of hydrogen-bond donors (Lipinski definition) is 1. The lowest BCUT2D eigenvalue weighted by Gasteiger charge is -2.12. The quantitative estimate of drug-likeness (QED) is 0.634. The first-order valence-corrected chi connectivity index (χ1v) is 6.88. The molecule has 0 saturated heterocycles. The minimum Gasteiger partial charge on any atom is -0.488 e. The van der Waals surface area contributed by atoms with E-state index < -0.39 is 0 Å². The highest BCUT2D eigenvalue weighted by atomic mass is 35.5. The molecule has 0 radical (unpaired) electrons. The second-order valence-electron chi connectivity index (χ2n) is 4.82. The largest absolute Gasteiger partial charge is 0.488 e. The molecule has 0 fully saturated rings. The van der Waals surface area contributed by atoms with Gasteiger partial charge >= 0.3 is 0 Å². The highest BCUT2D eigenvalue weighted by molar-refractivity contribution is 6.20. The topological polar surface area (TPSA) is 21.3 Å². The van der Waals surface area contributed by atoms with Gasteiger partial charge < -0.3 is 10.1 Å². The Morgan fingerprint density at radius 1 is 1.56 bits per heavy atom. The van der Waals surface area contributed by atoms with E-state index in [2.05, 4.69) is 5.32 Å². The van der Waals surface area contributed by atoms with Gasteiger partial charge in [0.2, 0.25) is 0 Å².